The van der Waals surface area contributed by atoms with Crippen molar-refractivity contribution in [3.8, 4) is 0 Å². The summed E-state index contributed by atoms with van der Waals surface area (Å²) in [4.78, 5) is 0. The Bertz CT molecular complexity index is 257. The summed E-state index contributed by atoms with van der Waals surface area (Å²) in [7, 11) is 0. The van der Waals surface area contributed by atoms with Gasteiger partial charge >= 0.3 is 0 Å². The lowest BCUT2D eigenvalue weighted by atomic mass is 9.92. The first kappa shape index (κ1) is 10.3. The summed E-state index contributed by atoms with van der Waals surface area (Å²) in [5, 5.41) is 8.87. The Hall–Kier alpha value is -0.760. The highest BCUT2D eigenvalue weighted by atomic mass is 16.3. The number of hydrogen-bond donors (Lipinski definition) is 1. The van der Waals surface area contributed by atoms with Crippen LogP contribution in [0, 0.1) is 5.41 Å². The van der Waals surface area contributed by atoms with Crippen molar-refractivity contribution in [2.75, 3.05) is 0 Å². The fourth-order valence-corrected chi connectivity index (χ4v) is 1.19. The molecule has 1 aromatic rings. The van der Waals surface area contributed by atoms with Crippen molar-refractivity contribution in [1.29, 1.82) is 0 Å². The lowest BCUT2D eigenvalue weighted by molar-refractivity contribution is 0.281. The number of rotatable bonds is 3. The van der Waals surface area contributed by atoms with Crippen molar-refractivity contribution in [3.05, 3.63) is 24.0 Å². The smallest absolute Gasteiger partial charge is 0.0696 e. The Morgan fingerprint density at radius 3 is 2.54 bits per heavy atom. The van der Waals surface area contributed by atoms with Crippen molar-refractivity contribution in [1.82, 2.24) is 4.57 Å². The minimum Gasteiger partial charge on any atom is -0.392 e. The third-order valence-corrected chi connectivity index (χ3v) is 2.11. The molecule has 1 aromatic heterocycles. The van der Waals surface area contributed by atoms with Crippen LogP contribution in [0.3, 0.4) is 0 Å². The van der Waals surface area contributed by atoms with Crippen molar-refractivity contribution in [2.45, 2.75) is 40.3 Å². The molecule has 0 atom stereocenters. The lowest BCUT2D eigenvalue weighted by Crippen LogP contribution is -2.09. The van der Waals surface area contributed by atoms with Gasteiger partial charge in [-0.25, -0.2) is 0 Å². The number of aliphatic hydroxyl groups is 1. The van der Waals surface area contributed by atoms with E-state index in [1.165, 1.54) is 0 Å². The van der Waals surface area contributed by atoms with Crippen LogP contribution in [0.2, 0.25) is 0 Å². The van der Waals surface area contributed by atoms with Crippen LogP contribution in [0.25, 0.3) is 0 Å². The standard InChI is InChI=1S/C11H19NO/c1-11(2,3)5-7-12-6-4-10(8-12)9-13/h4,6,8,13H,5,7,9H2,1-3H3. The first-order valence-corrected chi connectivity index (χ1v) is 4.77. The molecule has 0 unspecified atom stereocenters. The summed E-state index contributed by atoms with van der Waals surface area (Å²) in [6, 6.07) is 1.96. The maximum atomic E-state index is 8.87. The topological polar surface area (TPSA) is 25.2 Å². The SMILES string of the molecule is CC(C)(C)CCn1ccc(CO)c1. The predicted octanol–water partition coefficient (Wildman–Crippen LogP) is 2.42. The van der Waals surface area contributed by atoms with E-state index in [0.29, 0.717) is 5.41 Å². The molecule has 0 bridgehead atoms. The Labute approximate surface area is 80.2 Å². The molecule has 0 fully saturated rings. The van der Waals surface area contributed by atoms with E-state index in [-0.39, 0.29) is 6.61 Å². The number of aryl methyl sites for hydroxylation is 1. The zero-order valence-electron chi connectivity index (χ0n) is 8.75. The summed E-state index contributed by atoms with van der Waals surface area (Å²) < 4.78 is 2.14. The largest absolute Gasteiger partial charge is 0.392 e. The lowest BCUT2D eigenvalue weighted by Gasteiger charge is -2.18. The number of nitrogens with zero attached hydrogens (tertiary/aromatic N) is 1. The van der Waals surface area contributed by atoms with Gasteiger partial charge in [-0.2, -0.15) is 0 Å². The normalized spacial score (nSPS) is 12.0. The van der Waals surface area contributed by atoms with E-state index >= 15 is 0 Å². The molecule has 0 aliphatic carbocycles. The molecular formula is C11H19NO. The van der Waals surface area contributed by atoms with Crippen molar-refractivity contribution >= 4 is 0 Å². The maximum Gasteiger partial charge on any atom is 0.0696 e. The molecule has 0 aliphatic rings. The first-order valence-electron chi connectivity index (χ1n) is 4.77. The minimum atomic E-state index is 0.141. The highest BCUT2D eigenvalue weighted by molar-refractivity contribution is 5.08. The van der Waals surface area contributed by atoms with Crippen molar-refractivity contribution < 1.29 is 5.11 Å². The quantitative estimate of drug-likeness (QED) is 0.761. The second kappa shape index (κ2) is 3.97. The first-order chi connectivity index (χ1) is 6.01. The zero-order valence-corrected chi connectivity index (χ0v) is 8.75. The van der Waals surface area contributed by atoms with E-state index in [1.807, 2.05) is 18.5 Å². The van der Waals surface area contributed by atoms with Gasteiger partial charge in [0.1, 0.15) is 0 Å². The van der Waals surface area contributed by atoms with Crippen LogP contribution in [0.4, 0.5) is 0 Å². The molecule has 1 rings (SSSR count). The average Bonchev–Trinajstić information content (AvgIpc) is 2.47. The molecule has 0 amide bonds. The molecule has 2 heteroatoms. The summed E-state index contributed by atoms with van der Waals surface area (Å²) in [6.07, 6.45) is 5.19. The van der Waals surface area contributed by atoms with Gasteiger partial charge in [-0.1, -0.05) is 20.8 Å². The molecule has 13 heavy (non-hydrogen) atoms. The van der Waals surface area contributed by atoms with E-state index in [4.69, 9.17) is 5.11 Å². The predicted molar refractivity (Wildman–Crippen MR) is 54.4 cm³/mol. The van der Waals surface area contributed by atoms with Crippen LogP contribution in [0.1, 0.15) is 32.8 Å². The van der Waals surface area contributed by atoms with Gasteiger partial charge in [0.15, 0.2) is 0 Å². The van der Waals surface area contributed by atoms with Gasteiger partial charge in [0.05, 0.1) is 6.61 Å². The van der Waals surface area contributed by atoms with Gasteiger partial charge in [-0.05, 0) is 23.5 Å². The fraction of sp³-hybridized carbons (Fsp3) is 0.636. The minimum absolute atomic E-state index is 0.141. The van der Waals surface area contributed by atoms with E-state index in [0.717, 1.165) is 18.5 Å². The second-order valence-electron chi connectivity index (χ2n) is 4.73. The summed E-state index contributed by atoms with van der Waals surface area (Å²) >= 11 is 0. The van der Waals surface area contributed by atoms with Crippen LogP contribution in [-0.2, 0) is 13.2 Å². The Balaban J connectivity index is 2.46. The molecule has 0 saturated heterocycles. The summed E-state index contributed by atoms with van der Waals surface area (Å²) in [5.41, 5.74) is 1.37. The highest BCUT2D eigenvalue weighted by Crippen LogP contribution is 2.19. The molecule has 2 nitrogen and oxygen atoms in total. The third kappa shape index (κ3) is 3.64. The molecule has 0 aromatic carbocycles. The van der Waals surface area contributed by atoms with Crippen molar-refractivity contribution in [2.24, 2.45) is 5.41 Å². The van der Waals surface area contributed by atoms with Crippen LogP contribution in [0.15, 0.2) is 18.5 Å². The molecule has 0 saturated carbocycles. The average molecular weight is 181 g/mol. The highest BCUT2D eigenvalue weighted by Gasteiger charge is 2.09. The second-order valence-corrected chi connectivity index (χ2v) is 4.73. The molecular weight excluding hydrogens is 162 g/mol. The number of aliphatic hydroxyl groups excluding tert-OH is 1. The van der Waals surface area contributed by atoms with E-state index < -0.39 is 0 Å². The van der Waals surface area contributed by atoms with E-state index in [9.17, 15) is 0 Å². The molecule has 0 radical (unpaired) electrons. The van der Waals surface area contributed by atoms with Gasteiger partial charge in [-0.3, -0.25) is 0 Å². The third-order valence-electron chi connectivity index (χ3n) is 2.11. The fourth-order valence-electron chi connectivity index (χ4n) is 1.19. The van der Waals surface area contributed by atoms with Gasteiger partial charge in [-0.15, -0.1) is 0 Å². The molecule has 74 valence electrons. The Morgan fingerprint density at radius 2 is 2.08 bits per heavy atom. The molecule has 0 spiro atoms. The van der Waals surface area contributed by atoms with Crippen LogP contribution in [-0.4, -0.2) is 9.67 Å². The van der Waals surface area contributed by atoms with Gasteiger partial charge in [0.25, 0.3) is 0 Å². The van der Waals surface area contributed by atoms with Crippen molar-refractivity contribution in [3.63, 3.8) is 0 Å². The Kier molecular flexibility index (Phi) is 3.15. The maximum absolute atomic E-state index is 8.87. The van der Waals surface area contributed by atoms with E-state index in [2.05, 4.69) is 25.3 Å². The summed E-state index contributed by atoms with van der Waals surface area (Å²) in [6.45, 7) is 7.89. The van der Waals surface area contributed by atoms with Gasteiger partial charge in [0.2, 0.25) is 0 Å². The van der Waals surface area contributed by atoms with E-state index in [1.54, 1.807) is 0 Å². The molecule has 0 aliphatic heterocycles. The van der Waals surface area contributed by atoms with Gasteiger partial charge in [0, 0.05) is 18.9 Å². The monoisotopic (exact) mass is 181 g/mol. The van der Waals surface area contributed by atoms with Crippen LogP contribution in [0.5, 0.6) is 0 Å². The summed E-state index contributed by atoms with van der Waals surface area (Å²) in [5.74, 6) is 0. The zero-order chi connectivity index (χ0) is 9.90. The van der Waals surface area contributed by atoms with Crippen LogP contribution < -0.4 is 0 Å². The molecule has 1 heterocycles. The number of aromatic nitrogens is 1. The van der Waals surface area contributed by atoms with Crippen LogP contribution >= 0.6 is 0 Å². The molecule has 1 N–H and O–H groups in total. The Morgan fingerprint density at radius 1 is 1.38 bits per heavy atom. The van der Waals surface area contributed by atoms with Gasteiger partial charge < -0.3 is 9.67 Å². The number of hydrogen-bond acceptors (Lipinski definition) is 1.